The third kappa shape index (κ3) is 3.46. The molecule has 2 fully saturated rings. The number of hydrogen-bond donors (Lipinski definition) is 2. The van der Waals surface area contributed by atoms with Gasteiger partial charge < -0.3 is 15.7 Å². The van der Waals surface area contributed by atoms with Gasteiger partial charge in [-0.25, -0.2) is 0 Å². The minimum Gasteiger partial charge on any atom is -0.394 e. The maximum atomic E-state index is 9.46. The number of likely N-dealkylation sites (tertiary alicyclic amines) is 1. The molecule has 1 saturated carbocycles. The third-order valence-corrected chi connectivity index (χ3v) is 5.15. The third-order valence-electron chi connectivity index (χ3n) is 5.15. The lowest BCUT2D eigenvalue weighted by atomic mass is 9.79. The topological polar surface area (TPSA) is 49.5 Å². The molecule has 0 bridgehead atoms. The van der Waals surface area contributed by atoms with E-state index in [0.29, 0.717) is 6.04 Å². The van der Waals surface area contributed by atoms with Gasteiger partial charge in [0.05, 0.1) is 6.61 Å². The summed E-state index contributed by atoms with van der Waals surface area (Å²) in [5.41, 5.74) is 5.97. The molecule has 1 heterocycles. The smallest absolute Gasteiger partial charge is 0.0611 e. The Morgan fingerprint density at radius 2 is 2.06 bits per heavy atom. The lowest BCUT2D eigenvalue weighted by Gasteiger charge is -2.41. The van der Waals surface area contributed by atoms with Crippen molar-refractivity contribution < 1.29 is 5.11 Å². The van der Waals surface area contributed by atoms with E-state index in [2.05, 4.69) is 11.8 Å². The summed E-state index contributed by atoms with van der Waals surface area (Å²) in [6.07, 6.45) is 9.84. The van der Waals surface area contributed by atoms with Crippen LogP contribution in [0.5, 0.6) is 0 Å². The fourth-order valence-electron chi connectivity index (χ4n) is 3.78. The molecule has 3 atom stereocenters. The summed E-state index contributed by atoms with van der Waals surface area (Å²) in [6.45, 7) is 4.94. The Kier molecular flexibility index (Phi) is 5.05. The van der Waals surface area contributed by atoms with E-state index < -0.39 is 0 Å². The van der Waals surface area contributed by atoms with Crippen LogP contribution in [0.25, 0.3) is 0 Å². The van der Waals surface area contributed by atoms with E-state index in [-0.39, 0.29) is 12.1 Å². The van der Waals surface area contributed by atoms with Gasteiger partial charge >= 0.3 is 0 Å². The van der Waals surface area contributed by atoms with Gasteiger partial charge in [-0.05, 0) is 64.0 Å². The molecule has 3 heteroatoms. The van der Waals surface area contributed by atoms with Gasteiger partial charge in [0.25, 0.3) is 0 Å². The van der Waals surface area contributed by atoms with Crippen LogP contribution in [0.3, 0.4) is 0 Å². The summed E-state index contributed by atoms with van der Waals surface area (Å²) in [5.74, 6) is 0.930. The van der Waals surface area contributed by atoms with E-state index in [1.807, 2.05) is 0 Å². The van der Waals surface area contributed by atoms with Crippen LogP contribution in [0.15, 0.2) is 0 Å². The van der Waals surface area contributed by atoms with Crippen molar-refractivity contribution in [2.45, 2.75) is 69.9 Å². The highest BCUT2D eigenvalue weighted by Crippen LogP contribution is 2.31. The first-order chi connectivity index (χ1) is 8.67. The Morgan fingerprint density at radius 1 is 1.22 bits per heavy atom. The molecule has 106 valence electrons. The second-order valence-corrected chi connectivity index (χ2v) is 6.51. The molecule has 1 aliphatic carbocycles. The molecule has 3 nitrogen and oxygen atoms in total. The molecule has 1 saturated heterocycles. The molecular weight excluding hydrogens is 224 g/mol. The van der Waals surface area contributed by atoms with E-state index in [0.717, 1.165) is 18.8 Å². The Bertz CT molecular complexity index is 259. The standard InChI is InChI=1S/C15H30N2O/c1-2-13-5-4-9-17(10-7-13)14-6-3-8-15(16,11-14)12-18/h13-14,18H,2-12,16H2,1H3. The summed E-state index contributed by atoms with van der Waals surface area (Å²) in [4.78, 5) is 2.66. The zero-order valence-electron chi connectivity index (χ0n) is 11.9. The Hall–Kier alpha value is -0.120. The van der Waals surface area contributed by atoms with Crippen LogP contribution in [0, 0.1) is 5.92 Å². The van der Waals surface area contributed by atoms with Crippen molar-refractivity contribution in [1.82, 2.24) is 4.90 Å². The molecule has 3 N–H and O–H groups in total. The van der Waals surface area contributed by atoms with Crippen molar-refractivity contribution in [1.29, 1.82) is 0 Å². The summed E-state index contributed by atoms with van der Waals surface area (Å²) < 4.78 is 0. The zero-order chi connectivity index (χ0) is 13.0. The van der Waals surface area contributed by atoms with Gasteiger partial charge in [0.1, 0.15) is 0 Å². The van der Waals surface area contributed by atoms with Crippen LogP contribution in [-0.2, 0) is 0 Å². The average molecular weight is 254 g/mol. The highest BCUT2D eigenvalue weighted by atomic mass is 16.3. The van der Waals surface area contributed by atoms with E-state index in [1.165, 1.54) is 51.6 Å². The maximum absolute atomic E-state index is 9.46. The normalized spacial score (nSPS) is 39.5. The number of aliphatic hydroxyl groups excluding tert-OH is 1. The molecule has 0 spiro atoms. The molecule has 0 radical (unpaired) electrons. The van der Waals surface area contributed by atoms with Crippen molar-refractivity contribution in [3.05, 3.63) is 0 Å². The van der Waals surface area contributed by atoms with Crippen LogP contribution in [0.1, 0.15) is 58.3 Å². The van der Waals surface area contributed by atoms with Crippen molar-refractivity contribution >= 4 is 0 Å². The molecule has 18 heavy (non-hydrogen) atoms. The molecule has 0 aromatic heterocycles. The maximum Gasteiger partial charge on any atom is 0.0611 e. The Labute approximate surface area is 112 Å². The van der Waals surface area contributed by atoms with Crippen molar-refractivity contribution in [2.24, 2.45) is 11.7 Å². The highest BCUT2D eigenvalue weighted by molar-refractivity contribution is 4.94. The number of nitrogens with zero attached hydrogens (tertiary/aromatic N) is 1. The predicted molar refractivity (Wildman–Crippen MR) is 75.5 cm³/mol. The zero-order valence-corrected chi connectivity index (χ0v) is 11.9. The van der Waals surface area contributed by atoms with Gasteiger partial charge in [-0.3, -0.25) is 0 Å². The Balaban J connectivity index is 1.90. The van der Waals surface area contributed by atoms with Crippen LogP contribution in [-0.4, -0.2) is 41.3 Å². The second-order valence-electron chi connectivity index (χ2n) is 6.51. The van der Waals surface area contributed by atoms with E-state index in [9.17, 15) is 5.11 Å². The molecule has 0 amide bonds. The fraction of sp³-hybridized carbons (Fsp3) is 1.00. The van der Waals surface area contributed by atoms with Crippen molar-refractivity contribution in [3.63, 3.8) is 0 Å². The van der Waals surface area contributed by atoms with Gasteiger partial charge in [0.15, 0.2) is 0 Å². The largest absolute Gasteiger partial charge is 0.394 e. The van der Waals surface area contributed by atoms with Crippen LogP contribution < -0.4 is 5.73 Å². The van der Waals surface area contributed by atoms with Crippen molar-refractivity contribution in [3.8, 4) is 0 Å². The summed E-state index contributed by atoms with van der Waals surface area (Å²) >= 11 is 0. The molecule has 0 aromatic carbocycles. The molecule has 0 aromatic rings. The van der Waals surface area contributed by atoms with Gasteiger partial charge in [0.2, 0.25) is 0 Å². The van der Waals surface area contributed by atoms with Crippen molar-refractivity contribution in [2.75, 3.05) is 19.7 Å². The molecule has 2 aliphatic rings. The summed E-state index contributed by atoms with van der Waals surface area (Å²) in [6, 6.07) is 0.617. The minimum absolute atomic E-state index is 0.148. The SMILES string of the molecule is CCC1CCCN(C2CCCC(N)(CO)C2)CC1. The number of rotatable bonds is 3. The molecule has 2 rings (SSSR count). The molecule has 3 unspecified atom stereocenters. The van der Waals surface area contributed by atoms with E-state index >= 15 is 0 Å². The number of aliphatic hydroxyl groups is 1. The average Bonchev–Trinajstić information content (AvgIpc) is 2.64. The monoisotopic (exact) mass is 254 g/mol. The summed E-state index contributed by atoms with van der Waals surface area (Å²) in [5, 5.41) is 9.46. The van der Waals surface area contributed by atoms with Crippen LogP contribution in [0.4, 0.5) is 0 Å². The molecule has 1 aliphatic heterocycles. The van der Waals surface area contributed by atoms with E-state index in [1.54, 1.807) is 0 Å². The van der Waals surface area contributed by atoms with Crippen LogP contribution >= 0.6 is 0 Å². The van der Waals surface area contributed by atoms with Gasteiger partial charge in [0, 0.05) is 11.6 Å². The van der Waals surface area contributed by atoms with E-state index in [4.69, 9.17) is 5.73 Å². The Morgan fingerprint density at radius 3 is 2.78 bits per heavy atom. The minimum atomic E-state index is -0.306. The first-order valence-corrected chi connectivity index (χ1v) is 7.80. The quantitative estimate of drug-likeness (QED) is 0.811. The number of hydrogen-bond acceptors (Lipinski definition) is 3. The van der Waals surface area contributed by atoms with Gasteiger partial charge in [-0.15, -0.1) is 0 Å². The van der Waals surface area contributed by atoms with Gasteiger partial charge in [-0.2, -0.15) is 0 Å². The predicted octanol–water partition coefficient (Wildman–Crippen LogP) is 2.13. The first kappa shape index (κ1) is 14.3. The lowest BCUT2D eigenvalue weighted by molar-refractivity contribution is 0.0822. The second kappa shape index (κ2) is 6.36. The highest BCUT2D eigenvalue weighted by Gasteiger charge is 2.35. The molecular formula is C15H30N2O. The first-order valence-electron chi connectivity index (χ1n) is 7.80. The fourth-order valence-corrected chi connectivity index (χ4v) is 3.78. The summed E-state index contributed by atoms with van der Waals surface area (Å²) in [7, 11) is 0. The van der Waals surface area contributed by atoms with Gasteiger partial charge in [-0.1, -0.05) is 13.3 Å². The van der Waals surface area contributed by atoms with Crippen LogP contribution in [0.2, 0.25) is 0 Å². The lowest BCUT2D eigenvalue weighted by Crippen LogP contribution is -2.53. The number of nitrogens with two attached hydrogens (primary N) is 1.